The Hall–Kier alpha value is -1.75. The summed E-state index contributed by atoms with van der Waals surface area (Å²) in [6.07, 6.45) is 0. The molecule has 2 rings (SSSR count). The summed E-state index contributed by atoms with van der Waals surface area (Å²) in [5.74, 6) is 0.222. The van der Waals surface area contributed by atoms with Gasteiger partial charge in [-0.2, -0.15) is 0 Å². The van der Waals surface area contributed by atoms with Crippen LogP contribution in [0.25, 0.3) is 0 Å². The lowest BCUT2D eigenvalue weighted by Gasteiger charge is -2.10. The number of nitrogens with zero attached hydrogens (tertiary/aromatic N) is 1. The fourth-order valence-electron chi connectivity index (χ4n) is 1.65. The van der Waals surface area contributed by atoms with Crippen LogP contribution in [0, 0.1) is 19.7 Å². The molecule has 1 heterocycles. The summed E-state index contributed by atoms with van der Waals surface area (Å²) >= 11 is 5.63. The molecule has 0 saturated heterocycles. The first-order valence-electron chi connectivity index (χ1n) is 5.39. The molecule has 0 aliphatic carbocycles. The highest BCUT2D eigenvalue weighted by atomic mass is 35.5. The molecule has 0 aliphatic rings. The molecular weight excluding hydrogens is 257 g/mol. The van der Waals surface area contributed by atoms with E-state index in [0.29, 0.717) is 17.9 Å². The average Bonchev–Trinajstić information content (AvgIpc) is 2.62. The van der Waals surface area contributed by atoms with Gasteiger partial charge in [0, 0.05) is 18.2 Å². The van der Waals surface area contributed by atoms with Crippen molar-refractivity contribution in [2.45, 2.75) is 20.4 Å². The van der Waals surface area contributed by atoms with Gasteiger partial charge in [-0.05, 0) is 19.9 Å². The van der Waals surface area contributed by atoms with E-state index in [0.717, 1.165) is 17.0 Å². The summed E-state index contributed by atoms with van der Waals surface area (Å²) in [4.78, 5) is 0. The molecule has 0 amide bonds. The van der Waals surface area contributed by atoms with Gasteiger partial charge in [0.05, 0.1) is 22.1 Å². The number of nitrogens with one attached hydrogen (secondary N) is 1. The van der Waals surface area contributed by atoms with Crippen molar-refractivity contribution in [2.24, 2.45) is 0 Å². The Labute approximate surface area is 109 Å². The Kier molecular flexibility index (Phi) is 3.43. The summed E-state index contributed by atoms with van der Waals surface area (Å²) in [5, 5.41) is 6.89. The zero-order valence-corrected chi connectivity index (χ0v) is 10.8. The molecule has 18 heavy (non-hydrogen) atoms. The first kappa shape index (κ1) is 12.7. The fraction of sp³-hybridized carbons (Fsp3) is 0.250. The Balaban J connectivity index is 2.18. The minimum atomic E-state index is -0.507. The van der Waals surface area contributed by atoms with Crippen LogP contribution in [0.3, 0.4) is 0 Å². The number of nitrogens with two attached hydrogens (primary N) is 1. The third-order valence-electron chi connectivity index (χ3n) is 2.73. The lowest BCUT2D eigenvalue weighted by molar-refractivity contribution is 0.392. The number of hydrogen-bond donors (Lipinski definition) is 2. The monoisotopic (exact) mass is 269 g/mol. The van der Waals surface area contributed by atoms with Crippen molar-refractivity contribution >= 4 is 23.0 Å². The smallest absolute Gasteiger partial charge is 0.143 e. The molecule has 0 unspecified atom stereocenters. The van der Waals surface area contributed by atoms with E-state index in [1.807, 2.05) is 13.8 Å². The van der Waals surface area contributed by atoms with E-state index in [-0.39, 0.29) is 5.02 Å². The number of hydrogen-bond acceptors (Lipinski definition) is 4. The zero-order chi connectivity index (χ0) is 13.3. The van der Waals surface area contributed by atoms with Crippen LogP contribution in [-0.4, -0.2) is 5.16 Å². The van der Waals surface area contributed by atoms with Crippen LogP contribution in [0.1, 0.15) is 17.0 Å². The van der Waals surface area contributed by atoms with Gasteiger partial charge in [-0.1, -0.05) is 16.8 Å². The average molecular weight is 270 g/mol. The molecule has 0 saturated carbocycles. The third-order valence-corrected chi connectivity index (χ3v) is 3.02. The van der Waals surface area contributed by atoms with Crippen LogP contribution in [0.4, 0.5) is 15.8 Å². The fourth-order valence-corrected chi connectivity index (χ4v) is 1.83. The highest BCUT2D eigenvalue weighted by molar-refractivity contribution is 6.31. The minimum absolute atomic E-state index is 0.00962. The van der Waals surface area contributed by atoms with Gasteiger partial charge in [0.15, 0.2) is 0 Å². The Morgan fingerprint density at radius 3 is 2.78 bits per heavy atom. The van der Waals surface area contributed by atoms with Gasteiger partial charge in [0.2, 0.25) is 0 Å². The van der Waals surface area contributed by atoms with Crippen LogP contribution >= 0.6 is 11.6 Å². The van der Waals surface area contributed by atoms with Gasteiger partial charge in [0.1, 0.15) is 11.6 Å². The molecular formula is C12H13ClFN3O. The minimum Gasteiger partial charge on any atom is -0.397 e. The number of anilines is 2. The Morgan fingerprint density at radius 1 is 1.44 bits per heavy atom. The van der Waals surface area contributed by atoms with Crippen molar-refractivity contribution in [3.05, 3.63) is 40.0 Å². The Bertz CT molecular complexity index is 563. The zero-order valence-electron chi connectivity index (χ0n) is 10.1. The van der Waals surface area contributed by atoms with E-state index in [9.17, 15) is 4.39 Å². The maximum atomic E-state index is 13.3. The topological polar surface area (TPSA) is 64.1 Å². The SMILES string of the molecule is Cc1noc(C)c1CNc1cc(F)c(Cl)cc1N. The molecule has 0 fully saturated rings. The molecule has 3 N–H and O–H groups in total. The molecule has 0 aliphatic heterocycles. The summed E-state index contributed by atoms with van der Waals surface area (Å²) in [6.45, 7) is 4.13. The first-order valence-corrected chi connectivity index (χ1v) is 5.77. The summed E-state index contributed by atoms with van der Waals surface area (Å²) in [6, 6.07) is 2.66. The number of benzene rings is 1. The molecule has 1 aromatic heterocycles. The molecule has 6 heteroatoms. The van der Waals surface area contributed by atoms with Gasteiger partial charge < -0.3 is 15.6 Å². The second-order valence-corrected chi connectivity index (χ2v) is 4.42. The molecule has 0 radical (unpaired) electrons. The Morgan fingerprint density at radius 2 is 2.17 bits per heavy atom. The predicted octanol–water partition coefficient (Wildman–Crippen LogP) is 3.28. The molecule has 0 atom stereocenters. The van der Waals surface area contributed by atoms with Crippen molar-refractivity contribution in [3.8, 4) is 0 Å². The summed E-state index contributed by atoms with van der Waals surface area (Å²) in [7, 11) is 0. The number of aromatic nitrogens is 1. The van der Waals surface area contributed by atoms with Gasteiger partial charge >= 0.3 is 0 Å². The standard InChI is InChI=1S/C12H13ClFN3O/c1-6-8(7(2)18-17-6)5-16-12-4-10(14)9(13)3-11(12)15/h3-4,16H,5,15H2,1-2H3. The van der Waals surface area contributed by atoms with Crippen LogP contribution in [-0.2, 0) is 6.54 Å². The highest BCUT2D eigenvalue weighted by Crippen LogP contribution is 2.27. The van der Waals surface area contributed by atoms with E-state index >= 15 is 0 Å². The van der Waals surface area contributed by atoms with Crippen LogP contribution in [0.15, 0.2) is 16.7 Å². The maximum absolute atomic E-state index is 13.3. The lowest BCUT2D eigenvalue weighted by Crippen LogP contribution is -2.04. The molecule has 4 nitrogen and oxygen atoms in total. The second kappa shape index (κ2) is 4.86. The third kappa shape index (κ3) is 2.41. The molecule has 96 valence electrons. The van der Waals surface area contributed by atoms with E-state index in [2.05, 4.69) is 10.5 Å². The van der Waals surface area contributed by atoms with Crippen molar-refractivity contribution < 1.29 is 8.91 Å². The number of aryl methyl sites for hydroxylation is 2. The first-order chi connectivity index (χ1) is 8.49. The van der Waals surface area contributed by atoms with E-state index in [4.69, 9.17) is 21.9 Å². The predicted molar refractivity (Wildman–Crippen MR) is 69.1 cm³/mol. The molecule has 1 aromatic carbocycles. The lowest BCUT2D eigenvalue weighted by atomic mass is 10.2. The van der Waals surface area contributed by atoms with Crippen LogP contribution in [0.5, 0.6) is 0 Å². The van der Waals surface area contributed by atoms with Crippen LogP contribution < -0.4 is 11.1 Å². The van der Waals surface area contributed by atoms with Crippen molar-refractivity contribution in [3.63, 3.8) is 0 Å². The second-order valence-electron chi connectivity index (χ2n) is 4.01. The van der Waals surface area contributed by atoms with E-state index < -0.39 is 5.82 Å². The molecule has 0 bridgehead atoms. The van der Waals surface area contributed by atoms with Gasteiger partial charge in [-0.25, -0.2) is 4.39 Å². The quantitative estimate of drug-likeness (QED) is 0.840. The van der Waals surface area contributed by atoms with Gasteiger partial charge in [-0.15, -0.1) is 0 Å². The number of nitrogen functional groups attached to an aromatic ring is 1. The van der Waals surface area contributed by atoms with E-state index in [1.54, 1.807) is 0 Å². The van der Waals surface area contributed by atoms with Crippen molar-refractivity contribution in [2.75, 3.05) is 11.1 Å². The van der Waals surface area contributed by atoms with Gasteiger partial charge in [0.25, 0.3) is 0 Å². The van der Waals surface area contributed by atoms with E-state index in [1.165, 1.54) is 12.1 Å². The largest absolute Gasteiger partial charge is 0.397 e. The number of rotatable bonds is 3. The van der Waals surface area contributed by atoms with Gasteiger partial charge in [-0.3, -0.25) is 0 Å². The van der Waals surface area contributed by atoms with Crippen molar-refractivity contribution in [1.82, 2.24) is 5.16 Å². The van der Waals surface area contributed by atoms with Crippen LogP contribution in [0.2, 0.25) is 5.02 Å². The maximum Gasteiger partial charge on any atom is 0.143 e. The molecule has 2 aromatic rings. The number of halogens is 2. The summed E-state index contributed by atoms with van der Waals surface area (Å²) in [5.41, 5.74) is 8.38. The normalized spacial score (nSPS) is 10.7. The summed E-state index contributed by atoms with van der Waals surface area (Å²) < 4.78 is 18.4. The highest BCUT2D eigenvalue weighted by Gasteiger charge is 2.10. The van der Waals surface area contributed by atoms with Crippen molar-refractivity contribution in [1.29, 1.82) is 0 Å². The molecule has 0 spiro atoms.